The zero-order valence-corrected chi connectivity index (χ0v) is 13.7. The molecule has 0 N–H and O–H groups in total. The highest BCUT2D eigenvalue weighted by atomic mass is 16.5. The number of rotatable bonds is 8. The first kappa shape index (κ1) is 16.6. The van der Waals surface area contributed by atoms with Crippen molar-refractivity contribution in [2.45, 2.75) is 58.0 Å². The number of ether oxygens (including phenoxy) is 2. The van der Waals surface area contributed by atoms with Crippen LogP contribution in [0, 0.1) is 0 Å². The van der Waals surface area contributed by atoms with Crippen molar-refractivity contribution in [3.05, 3.63) is 35.9 Å². The second-order valence-corrected chi connectivity index (χ2v) is 5.85. The number of carbonyl (C=O) groups excluding carboxylic acids is 1. The van der Waals surface area contributed by atoms with Gasteiger partial charge in [0.2, 0.25) is 0 Å². The zero-order chi connectivity index (χ0) is 15.9. The van der Waals surface area contributed by atoms with Crippen LogP contribution in [0.5, 0.6) is 11.5 Å². The van der Waals surface area contributed by atoms with Gasteiger partial charge in [-0.1, -0.05) is 51.7 Å². The van der Waals surface area contributed by atoms with E-state index in [9.17, 15) is 4.79 Å². The Kier molecular flexibility index (Phi) is 6.05. The second kappa shape index (κ2) is 8.02. The van der Waals surface area contributed by atoms with Crippen molar-refractivity contribution in [3.8, 4) is 11.5 Å². The maximum atomic E-state index is 12.4. The lowest BCUT2D eigenvalue weighted by atomic mass is 9.93. The molecule has 0 spiro atoms. The van der Waals surface area contributed by atoms with E-state index in [1.165, 1.54) is 32.1 Å². The Morgan fingerprint density at radius 1 is 1.18 bits per heavy atom. The van der Waals surface area contributed by atoms with Crippen molar-refractivity contribution >= 4 is 5.78 Å². The number of carbonyl (C=O) groups is 1. The lowest BCUT2D eigenvalue weighted by Crippen LogP contribution is -2.29. The molecule has 0 radical (unpaired) electrons. The van der Waals surface area contributed by atoms with Crippen LogP contribution in [-0.2, 0) is 0 Å². The van der Waals surface area contributed by atoms with Crippen molar-refractivity contribution in [2.24, 2.45) is 0 Å². The van der Waals surface area contributed by atoms with Crippen LogP contribution in [0.1, 0.15) is 62.2 Å². The van der Waals surface area contributed by atoms with Gasteiger partial charge in [0.1, 0.15) is 6.10 Å². The van der Waals surface area contributed by atoms with E-state index < -0.39 is 0 Å². The van der Waals surface area contributed by atoms with E-state index in [1.54, 1.807) is 19.2 Å². The van der Waals surface area contributed by atoms with Gasteiger partial charge >= 0.3 is 0 Å². The predicted octanol–water partition coefficient (Wildman–Crippen LogP) is 4.95. The fourth-order valence-electron chi connectivity index (χ4n) is 2.85. The summed E-state index contributed by atoms with van der Waals surface area (Å²) < 4.78 is 11.3. The highest BCUT2D eigenvalue weighted by Crippen LogP contribution is 2.38. The molecule has 0 saturated heterocycles. The number of para-hydroxylation sites is 1. The number of hydrogen-bond donors (Lipinski definition) is 0. The molecule has 1 heterocycles. The third-order valence-electron chi connectivity index (χ3n) is 4.20. The van der Waals surface area contributed by atoms with Crippen LogP contribution >= 0.6 is 0 Å². The van der Waals surface area contributed by atoms with Crippen LogP contribution in [0.4, 0.5) is 0 Å². The average Bonchev–Trinajstić information content (AvgIpc) is 2.54. The lowest BCUT2D eigenvalue weighted by molar-refractivity contribution is 0.0950. The SMILES string of the molecule is C=C1C(=O)c2cccc(OC)c2OC1CCCCCCCC. The van der Waals surface area contributed by atoms with Gasteiger partial charge in [0.15, 0.2) is 17.3 Å². The number of ketones is 1. The van der Waals surface area contributed by atoms with Gasteiger partial charge in [-0.25, -0.2) is 0 Å². The number of Topliss-reactive ketones (excluding diaryl/α,β-unsaturated/α-hetero) is 1. The summed E-state index contributed by atoms with van der Waals surface area (Å²) in [6.07, 6.45) is 7.96. The smallest absolute Gasteiger partial charge is 0.195 e. The van der Waals surface area contributed by atoms with Gasteiger partial charge in [0, 0.05) is 5.57 Å². The fourth-order valence-corrected chi connectivity index (χ4v) is 2.85. The molecule has 0 aliphatic carbocycles. The van der Waals surface area contributed by atoms with Crippen LogP contribution in [0.2, 0.25) is 0 Å². The molecule has 1 aliphatic rings. The fraction of sp³-hybridized carbons (Fsp3) is 0.526. The topological polar surface area (TPSA) is 35.5 Å². The largest absolute Gasteiger partial charge is 0.493 e. The summed E-state index contributed by atoms with van der Waals surface area (Å²) >= 11 is 0. The minimum Gasteiger partial charge on any atom is -0.493 e. The van der Waals surface area contributed by atoms with E-state index >= 15 is 0 Å². The molecule has 0 fully saturated rings. The third kappa shape index (κ3) is 3.70. The summed E-state index contributed by atoms with van der Waals surface area (Å²) in [6, 6.07) is 5.40. The van der Waals surface area contributed by atoms with E-state index in [0.29, 0.717) is 22.6 Å². The zero-order valence-electron chi connectivity index (χ0n) is 13.7. The molecular weight excluding hydrogens is 276 g/mol. The van der Waals surface area contributed by atoms with Crippen molar-refractivity contribution in [2.75, 3.05) is 7.11 Å². The van der Waals surface area contributed by atoms with Gasteiger partial charge in [-0.2, -0.15) is 0 Å². The summed E-state index contributed by atoms with van der Waals surface area (Å²) in [5.74, 6) is 1.17. The normalized spacial score (nSPS) is 17.1. The molecule has 1 aliphatic heterocycles. The molecule has 1 atom stereocenters. The predicted molar refractivity (Wildman–Crippen MR) is 88.9 cm³/mol. The van der Waals surface area contributed by atoms with E-state index in [4.69, 9.17) is 9.47 Å². The maximum absolute atomic E-state index is 12.4. The van der Waals surface area contributed by atoms with Crippen molar-refractivity contribution in [3.63, 3.8) is 0 Å². The molecular formula is C19H26O3. The van der Waals surface area contributed by atoms with Gasteiger partial charge in [-0.15, -0.1) is 0 Å². The Labute approximate surface area is 133 Å². The van der Waals surface area contributed by atoms with Crippen LogP contribution < -0.4 is 9.47 Å². The van der Waals surface area contributed by atoms with Gasteiger partial charge < -0.3 is 9.47 Å². The lowest BCUT2D eigenvalue weighted by Gasteiger charge is -2.28. The van der Waals surface area contributed by atoms with Crippen LogP contribution in [0.25, 0.3) is 0 Å². The summed E-state index contributed by atoms with van der Waals surface area (Å²) in [5, 5.41) is 0. The van der Waals surface area contributed by atoms with Crippen molar-refractivity contribution in [1.82, 2.24) is 0 Å². The molecule has 0 saturated carbocycles. The molecule has 3 nitrogen and oxygen atoms in total. The number of hydrogen-bond acceptors (Lipinski definition) is 3. The molecule has 1 unspecified atom stereocenters. The second-order valence-electron chi connectivity index (χ2n) is 5.85. The Bertz CT molecular complexity index is 533. The summed E-state index contributed by atoms with van der Waals surface area (Å²) in [7, 11) is 1.59. The number of fused-ring (bicyclic) bond motifs is 1. The highest BCUT2D eigenvalue weighted by molar-refractivity contribution is 6.12. The van der Waals surface area contributed by atoms with Crippen LogP contribution in [-0.4, -0.2) is 19.0 Å². The van der Waals surface area contributed by atoms with Gasteiger partial charge in [-0.05, 0) is 25.0 Å². The molecule has 1 aromatic carbocycles. The van der Waals surface area contributed by atoms with Gasteiger partial charge in [-0.3, -0.25) is 4.79 Å². The minimum absolute atomic E-state index is 0.0175. The quantitative estimate of drug-likeness (QED) is 0.503. The molecule has 22 heavy (non-hydrogen) atoms. The summed E-state index contributed by atoms with van der Waals surface area (Å²) in [4.78, 5) is 12.4. The average molecular weight is 302 g/mol. The standard InChI is InChI=1S/C19H26O3/c1-4-5-6-7-8-9-12-16-14(2)18(20)15-11-10-13-17(21-3)19(15)22-16/h10-11,13,16H,2,4-9,12H2,1,3H3. The third-order valence-corrected chi connectivity index (χ3v) is 4.20. The summed E-state index contributed by atoms with van der Waals surface area (Å²) in [6.45, 7) is 6.16. The highest BCUT2D eigenvalue weighted by Gasteiger charge is 2.31. The summed E-state index contributed by atoms with van der Waals surface area (Å²) in [5.41, 5.74) is 1.12. The molecule has 2 rings (SSSR count). The first-order valence-corrected chi connectivity index (χ1v) is 8.26. The first-order chi connectivity index (χ1) is 10.7. The Morgan fingerprint density at radius 2 is 1.91 bits per heavy atom. The minimum atomic E-state index is -0.220. The van der Waals surface area contributed by atoms with E-state index in [0.717, 1.165) is 12.8 Å². The Hall–Kier alpha value is -1.77. The molecule has 1 aromatic rings. The first-order valence-electron chi connectivity index (χ1n) is 8.26. The van der Waals surface area contributed by atoms with Crippen molar-refractivity contribution < 1.29 is 14.3 Å². The molecule has 120 valence electrons. The van der Waals surface area contributed by atoms with Crippen molar-refractivity contribution in [1.29, 1.82) is 0 Å². The monoisotopic (exact) mass is 302 g/mol. The van der Waals surface area contributed by atoms with Crippen LogP contribution in [0.3, 0.4) is 0 Å². The number of benzene rings is 1. The molecule has 0 aromatic heterocycles. The number of unbranched alkanes of at least 4 members (excludes halogenated alkanes) is 5. The Balaban J connectivity index is 1.97. The van der Waals surface area contributed by atoms with Gasteiger partial charge in [0.05, 0.1) is 12.7 Å². The Morgan fingerprint density at radius 3 is 2.64 bits per heavy atom. The van der Waals surface area contributed by atoms with E-state index in [1.807, 2.05) is 6.07 Å². The van der Waals surface area contributed by atoms with Gasteiger partial charge in [0.25, 0.3) is 0 Å². The van der Waals surface area contributed by atoms with E-state index in [2.05, 4.69) is 13.5 Å². The molecule has 3 heteroatoms. The maximum Gasteiger partial charge on any atom is 0.195 e. The van der Waals surface area contributed by atoms with E-state index in [-0.39, 0.29) is 11.9 Å². The van der Waals surface area contributed by atoms with Crippen LogP contribution in [0.15, 0.2) is 30.4 Å². The molecule has 0 amide bonds. The molecule has 0 bridgehead atoms. The number of methoxy groups -OCH3 is 1.